The fourth-order valence-electron chi connectivity index (χ4n) is 3.68. The predicted molar refractivity (Wildman–Crippen MR) is 109 cm³/mol. The molecule has 0 fully saturated rings. The Labute approximate surface area is 155 Å². The van der Waals surface area contributed by atoms with Gasteiger partial charge in [0.05, 0.1) is 5.76 Å². The monoisotopic (exact) mass is 360 g/mol. The highest BCUT2D eigenvalue weighted by Crippen LogP contribution is 2.41. The third-order valence-corrected chi connectivity index (χ3v) is 9.81. The average Bonchev–Trinajstić information content (AvgIpc) is 2.56. The molecule has 0 radical (unpaired) electrons. The van der Waals surface area contributed by atoms with Gasteiger partial charge < -0.3 is 8.85 Å². The molecular weight excluding hydrogens is 324 g/mol. The molecule has 0 bridgehead atoms. The highest BCUT2D eigenvalue weighted by atomic mass is 28.4. The smallest absolute Gasteiger partial charge is 0.465 e. The van der Waals surface area contributed by atoms with Gasteiger partial charge in [0.1, 0.15) is 5.76 Å². The topological polar surface area (TPSA) is 18.5 Å². The van der Waals surface area contributed by atoms with Crippen LogP contribution in [-0.2, 0) is 8.85 Å². The molecule has 0 aromatic rings. The Morgan fingerprint density at radius 3 is 2.32 bits per heavy atom. The number of allylic oxidation sites excluding steroid dienone is 6. The number of hydrogen-bond donors (Lipinski definition) is 0. The van der Waals surface area contributed by atoms with E-state index in [9.17, 15) is 0 Å². The summed E-state index contributed by atoms with van der Waals surface area (Å²) >= 11 is 0. The van der Waals surface area contributed by atoms with Crippen LogP contribution in [0.1, 0.15) is 73.6 Å². The summed E-state index contributed by atoms with van der Waals surface area (Å²) in [5.41, 5.74) is 3.20. The van der Waals surface area contributed by atoms with Crippen molar-refractivity contribution < 1.29 is 8.85 Å². The quantitative estimate of drug-likeness (QED) is 0.354. The second kappa shape index (κ2) is 8.44. The molecule has 0 aliphatic heterocycles. The van der Waals surface area contributed by atoms with Crippen LogP contribution in [0, 0.1) is 5.92 Å². The highest BCUT2D eigenvalue weighted by Gasteiger charge is 2.50. The Kier molecular flexibility index (Phi) is 6.78. The van der Waals surface area contributed by atoms with E-state index in [1.54, 1.807) is 0 Å². The first-order valence-corrected chi connectivity index (χ1v) is 11.8. The van der Waals surface area contributed by atoms with E-state index in [1.165, 1.54) is 24.0 Å². The van der Waals surface area contributed by atoms with Gasteiger partial charge in [-0.05, 0) is 57.3 Å². The van der Waals surface area contributed by atoms with Gasteiger partial charge in [-0.2, -0.15) is 0 Å². The van der Waals surface area contributed by atoms with Crippen LogP contribution < -0.4 is 0 Å². The van der Waals surface area contributed by atoms with Crippen molar-refractivity contribution in [2.75, 3.05) is 0 Å². The molecule has 1 atom stereocenters. The van der Waals surface area contributed by atoms with Gasteiger partial charge in [0.15, 0.2) is 0 Å². The average molecular weight is 361 g/mol. The molecule has 25 heavy (non-hydrogen) atoms. The zero-order valence-corrected chi connectivity index (χ0v) is 18.0. The van der Waals surface area contributed by atoms with Crippen molar-refractivity contribution in [1.29, 1.82) is 0 Å². The Morgan fingerprint density at radius 1 is 1.12 bits per heavy atom. The van der Waals surface area contributed by atoms with Crippen LogP contribution in [0.25, 0.3) is 0 Å². The van der Waals surface area contributed by atoms with E-state index in [0.717, 1.165) is 30.8 Å². The molecule has 2 nitrogen and oxygen atoms in total. The molecule has 0 spiro atoms. The molecule has 0 saturated carbocycles. The molecule has 0 N–H and O–H groups in total. The minimum atomic E-state index is -2.44. The lowest BCUT2D eigenvalue weighted by Crippen LogP contribution is -2.48. The Balaban J connectivity index is 2.33. The normalized spacial score (nSPS) is 21.6. The SMILES string of the molecule is C=C(C)C1C=C(O[Si](OC2=CCCCC2)(C(C)C)C(C)C)C(C)=CC1. The van der Waals surface area contributed by atoms with Crippen molar-refractivity contribution >= 4 is 8.56 Å². The molecule has 0 amide bonds. The first-order chi connectivity index (χ1) is 11.8. The van der Waals surface area contributed by atoms with Crippen LogP contribution in [0.5, 0.6) is 0 Å². The molecule has 1 unspecified atom stereocenters. The summed E-state index contributed by atoms with van der Waals surface area (Å²) < 4.78 is 13.6. The standard InChI is InChI=1S/C22H36O2Si/c1-16(2)20-14-13-19(7)22(15-20)24-25(17(3)4,18(5)6)23-21-11-9-8-10-12-21/h11,13,15,17-18,20H,1,8-10,12,14H2,2-7H3. The maximum atomic E-state index is 6.82. The minimum Gasteiger partial charge on any atom is -0.516 e. The molecule has 0 saturated heterocycles. The van der Waals surface area contributed by atoms with Crippen molar-refractivity contribution in [1.82, 2.24) is 0 Å². The van der Waals surface area contributed by atoms with Gasteiger partial charge in [-0.15, -0.1) is 0 Å². The van der Waals surface area contributed by atoms with Crippen LogP contribution in [0.15, 0.2) is 47.5 Å². The van der Waals surface area contributed by atoms with Crippen LogP contribution >= 0.6 is 0 Å². The summed E-state index contributed by atoms with van der Waals surface area (Å²) in [5, 5.41) is 0. The van der Waals surface area contributed by atoms with E-state index in [4.69, 9.17) is 8.85 Å². The van der Waals surface area contributed by atoms with E-state index in [-0.39, 0.29) is 0 Å². The molecule has 0 heterocycles. The fourth-order valence-corrected chi connectivity index (χ4v) is 7.17. The summed E-state index contributed by atoms with van der Waals surface area (Å²) in [5.74, 6) is 2.55. The maximum Gasteiger partial charge on any atom is 0.465 e. The molecule has 2 rings (SSSR count). The molecule has 140 valence electrons. The van der Waals surface area contributed by atoms with Gasteiger partial charge in [0.2, 0.25) is 0 Å². The van der Waals surface area contributed by atoms with Crippen molar-refractivity contribution in [3.8, 4) is 0 Å². The van der Waals surface area contributed by atoms with Gasteiger partial charge in [0, 0.05) is 23.4 Å². The number of hydrogen-bond acceptors (Lipinski definition) is 2. The highest BCUT2D eigenvalue weighted by molar-refractivity contribution is 6.70. The van der Waals surface area contributed by atoms with Crippen molar-refractivity contribution in [3.63, 3.8) is 0 Å². The van der Waals surface area contributed by atoms with E-state index < -0.39 is 8.56 Å². The Bertz CT molecular complexity index is 573. The minimum absolute atomic E-state index is 0.374. The van der Waals surface area contributed by atoms with Gasteiger partial charge in [-0.1, -0.05) is 45.9 Å². The van der Waals surface area contributed by atoms with Gasteiger partial charge in [-0.3, -0.25) is 0 Å². The lowest BCUT2D eigenvalue weighted by Gasteiger charge is -2.40. The summed E-state index contributed by atoms with van der Waals surface area (Å²) in [7, 11) is -2.44. The van der Waals surface area contributed by atoms with E-state index in [2.05, 4.69) is 66.3 Å². The molecule has 0 aromatic heterocycles. The van der Waals surface area contributed by atoms with Crippen molar-refractivity contribution in [2.24, 2.45) is 5.92 Å². The molecule has 2 aliphatic rings. The largest absolute Gasteiger partial charge is 0.516 e. The van der Waals surface area contributed by atoms with E-state index in [1.807, 2.05) is 0 Å². The maximum absolute atomic E-state index is 6.82. The zero-order chi connectivity index (χ0) is 18.6. The molecule has 2 aliphatic carbocycles. The number of rotatable bonds is 7. The van der Waals surface area contributed by atoms with Crippen LogP contribution in [-0.4, -0.2) is 8.56 Å². The molecule has 0 aromatic carbocycles. The van der Waals surface area contributed by atoms with Crippen molar-refractivity contribution in [2.45, 2.75) is 84.7 Å². The molecule has 3 heteroatoms. The van der Waals surface area contributed by atoms with Crippen LogP contribution in [0.3, 0.4) is 0 Å². The first kappa shape index (κ1) is 20.1. The lowest BCUT2D eigenvalue weighted by molar-refractivity contribution is 0.228. The van der Waals surface area contributed by atoms with Crippen molar-refractivity contribution in [3.05, 3.63) is 47.5 Å². The Morgan fingerprint density at radius 2 is 1.80 bits per heavy atom. The predicted octanol–water partition coefficient (Wildman–Crippen LogP) is 7.17. The second-order valence-electron chi connectivity index (χ2n) is 8.26. The van der Waals surface area contributed by atoms with Gasteiger partial charge in [0.25, 0.3) is 0 Å². The van der Waals surface area contributed by atoms with Gasteiger partial charge >= 0.3 is 8.56 Å². The first-order valence-electron chi connectivity index (χ1n) is 9.87. The Hall–Kier alpha value is -1.22. The summed E-state index contributed by atoms with van der Waals surface area (Å²) in [6.45, 7) is 17.4. The summed E-state index contributed by atoms with van der Waals surface area (Å²) in [6.07, 6.45) is 12.6. The van der Waals surface area contributed by atoms with Crippen LogP contribution in [0.2, 0.25) is 11.1 Å². The van der Waals surface area contributed by atoms with E-state index >= 15 is 0 Å². The van der Waals surface area contributed by atoms with Crippen LogP contribution in [0.4, 0.5) is 0 Å². The third-order valence-electron chi connectivity index (χ3n) is 5.47. The summed E-state index contributed by atoms with van der Waals surface area (Å²) in [6, 6.07) is 0. The zero-order valence-electron chi connectivity index (χ0n) is 17.0. The van der Waals surface area contributed by atoms with Gasteiger partial charge in [-0.25, -0.2) is 0 Å². The molecular formula is C22H36O2Si. The second-order valence-corrected chi connectivity index (χ2v) is 12.4. The fraction of sp³-hybridized carbons (Fsp3) is 0.636. The summed E-state index contributed by atoms with van der Waals surface area (Å²) in [4.78, 5) is 0. The lowest BCUT2D eigenvalue weighted by atomic mass is 9.91. The van der Waals surface area contributed by atoms with E-state index in [0.29, 0.717) is 17.0 Å². The third kappa shape index (κ3) is 4.69.